The van der Waals surface area contributed by atoms with Crippen LogP contribution in [0.4, 0.5) is 5.69 Å². The SMILES string of the molecule is COC1CC=CC(O)C2CC[C@H]2CN2CC3(CCCc4cc(Cl)ccc43)COc3ccc(cc32)C(=O)NS(=O)(=O)[C@H]1CC1CC1. The number of nitrogens with one attached hydrogen (secondary N) is 1. The third-order valence-electron chi connectivity index (χ3n) is 11.0. The van der Waals surface area contributed by atoms with E-state index in [2.05, 4.69) is 21.8 Å². The van der Waals surface area contributed by atoms with Crippen LogP contribution in [0.2, 0.25) is 5.02 Å². The summed E-state index contributed by atoms with van der Waals surface area (Å²) in [6.45, 7) is 1.88. The molecule has 2 N–H and O–H groups in total. The van der Waals surface area contributed by atoms with Crippen LogP contribution in [0.1, 0.15) is 72.9 Å². The van der Waals surface area contributed by atoms with E-state index < -0.39 is 33.4 Å². The topological polar surface area (TPSA) is 105 Å². The molecule has 3 aliphatic carbocycles. The lowest BCUT2D eigenvalue weighted by Gasteiger charge is -2.45. The molecule has 10 heteroatoms. The first-order valence-corrected chi connectivity index (χ1v) is 18.3. The highest BCUT2D eigenvalue weighted by Gasteiger charge is 2.45. The number of benzene rings is 2. The van der Waals surface area contributed by atoms with Gasteiger partial charge in [0, 0.05) is 36.2 Å². The zero-order valence-corrected chi connectivity index (χ0v) is 27.4. The van der Waals surface area contributed by atoms with E-state index in [0.717, 1.165) is 55.7 Å². The first kappa shape index (κ1) is 31.0. The summed E-state index contributed by atoms with van der Waals surface area (Å²) in [5.41, 5.74) is 3.29. The maximum absolute atomic E-state index is 13.8. The molecular formula is C35H43ClN2O6S. The van der Waals surface area contributed by atoms with Crippen molar-refractivity contribution in [3.8, 4) is 5.75 Å². The second-order valence-corrected chi connectivity index (χ2v) is 16.2. The summed E-state index contributed by atoms with van der Waals surface area (Å²) in [5.74, 6) is 0.684. The average molecular weight is 655 g/mol. The Morgan fingerprint density at radius 3 is 2.76 bits per heavy atom. The molecule has 4 unspecified atom stereocenters. The number of hydrogen-bond acceptors (Lipinski definition) is 7. The number of aryl methyl sites for hydroxylation is 1. The molecule has 45 heavy (non-hydrogen) atoms. The van der Waals surface area contributed by atoms with Gasteiger partial charge in [-0.15, -0.1) is 0 Å². The lowest BCUT2D eigenvalue weighted by molar-refractivity contribution is 0.0451. The van der Waals surface area contributed by atoms with Gasteiger partial charge in [0.15, 0.2) is 0 Å². The van der Waals surface area contributed by atoms with Crippen LogP contribution in [0.3, 0.4) is 0 Å². The van der Waals surface area contributed by atoms with Gasteiger partial charge in [0.05, 0.1) is 24.5 Å². The number of carbonyl (C=O) groups excluding carboxylic acids is 1. The third-order valence-corrected chi connectivity index (χ3v) is 13.0. The van der Waals surface area contributed by atoms with Gasteiger partial charge in [-0.25, -0.2) is 13.1 Å². The number of ether oxygens (including phenoxy) is 2. The second-order valence-electron chi connectivity index (χ2n) is 13.9. The molecule has 0 aromatic heterocycles. The van der Waals surface area contributed by atoms with Crippen molar-refractivity contribution < 1.29 is 27.8 Å². The van der Waals surface area contributed by atoms with Crippen LogP contribution < -0.4 is 14.4 Å². The molecule has 2 aromatic carbocycles. The maximum atomic E-state index is 13.8. The Labute approximate surface area is 271 Å². The predicted octanol–water partition coefficient (Wildman–Crippen LogP) is 5.40. The fourth-order valence-electron chi connectivity index (χ4n) is 8.13. The number of methoxy groups -OCH3 is 1. The van der Waals surface area contributed by atoms with E-state index in [0.29, 0.717) is 44.2 Å². The van der Waals surface area contributed by atoms with Crippen LogP contribution in [-0.4, -0.2) is 63.7 Å². The van der Waals surface area contributed by atoms with E-state index in [4.69, 9.17) is 21.1 Å². The van der Waals surface area contributed by atoms with E-state index in [1.54, 1.807) is 18.2 Å². The minimum atomic E-state index is -4.06. The molecular weight excluding hydrogens is 612 g/mol. The van der Waals surface area contributed by atoms with Gasteiger partial charge in [0.2, 0.25) is 10.0 Å². The molecule has 5 aliphatic rings. The first-order valence-electron chi connectivity index (χ1n) is 16.4. The van der Waals surface area contributed by atoms with Crippen LogP contribution in [0.5, 0.6) is 5.75 Å². The van der Waals surface area contributed by atoms with Gasteiger partial charge < -0.3 is 19.5 Å². The molecule has 8 nitrogen and oxygen atoms in total. The molecule has 1 amide bonds. The van der Waals surface area contributed by atoms with E-state index in [1.807, 2.05) is 18.2 Å². The first-order chi connectivity index (χ1) is 21.7. The molecule has 2 aliphatic heterocycles. The lowest BCUT2D eigenvalue weighted by Crippen LogP contribution is -2.49. The molecule has 2 heterocycles. The standard InChI is InChI=1S/C35H43ClN2O6S/c1-43-32-6-2-5-30(39)27-12-9-25(27)19-38-20-35(15-3-4-23-17-26(36)11-13-28(23)35)21-44-31-14-10-24(18-29(31)38)34(40)37-45(41,42)33(32)16-22-7-8-22/h2,5,10-11,13-14,17-18,22,25,27,30,32-33,39H,3-4,6-9,12,15-16,19-21H2,1H3,(H,37,40)/t25-,27?,30?,32?,33-,35?/m0/s1. The quantitative estimate of drug-likeness (QED) is 0.427. The number of anilines is 1. The van der Waals surface area contributed by atoms with Crippen LogP contribution in [0, 0.1) is 17.8 Å². The average Bonchev–Trinajstić information content (AvgIpc) is 3.83. The molecule has 6 atom stereocenters. The van der Waals surface area contributed by atoms with Crippen LogP contribution in [0.15, 0.2) is 48.6 Å². The highest BCUT2D eigenvalue weighted by molar-refractivity contribution is 7.90. The summed E-state index contributed by atoms with van der Waals surface area (Å²) in [6, 6.07) is 11.4. The fraction of sp³-hybridized carbons (Fsp3) is 0.571. The van der Waals surface area contributed by atoms with Crippen molar-refractivity contribution in [2.24, 2.45) is 17.8 Å². The van der Waals surface area contributed by atoms with Crippen molar-refractivity contribution in [2.45, 2.75) is 80.7 Å². The highest BCUT2D eigenvalue weighted by Crippen LogP contribution is 2.47. The molecule has 1 spiro atoms. The molecule has 242 valence electrons. The monoisotopic (exact) mass is 654 g/mol. The predicted molar refractivity (Wildman–Crippen MR) is 175 cm³/mol. The highest BCUT2D eigenvalue weighted by atomic mass is 35.5. The second kappa shape index (κ2) is 12.2. The summed E-state index contributed by atoms with van der Waals surface area (Å²) >= 11 is 6.41. The van der Waals surface area contributed by atoms with Gasteiger partial charge in [-0.1, -0.05) is 42.7 Å². The Balaban J connectivity index is 1.28. The molecule has 2 fully saturated rings. The van der Waals surface area contributed by atoms with Crippen LogP contribution >= 0.6 is 11.6 Å². The number of rotatable bonds is 3. The van der Waals surface area contributed by atoms with Crippen molar-refractivity contribution in [3.63, 3.8) is 0 Å². The van der Waals surface area contributed by atoms with E-state index in [1.165, 1.54) is 18.2 Å². The van der Waals surface area contributed by atoms with Gasteiger partial charge in [0.25, 0.3) is 5.91 Å². The number of amides is 1. The Kier molecular flexibility index (Phi) is 8.42. The normalized spacial score (nSPS) is 32.8. The maximum Gasteiger partial charge on any atom is 0.264 e. The number of sulfonamides is 1. The van der Waals surface area contributed by atoms with E-state index in [9.17, 15) is 18.3 Å². The largest absolute Gasteiger partial charge is 0.490 e. The van der Waals surface area contributed by atoms with Crippen molar-refractivity contribution in [1.29, 1.82) is 0 Å². The smallest absolute Gasteiger partial charge is 0.264 e. The van der Waals surface area contributed by atoms with Gasteiger partial charge >= 0.3 is 0 Å². The zero-order valence-electron chi connectivity index (χ0n) is 25.8. The van der Waals surface area contributed by atoms with Gasteiger partial charge in [-0.2, -0.15) is 0 Å². The van der Waals surface area contributed by atoms with E-state index in [-0.39, 0.29) is 22.8 Å². The number of halogens is 1. The number of aliphatic hydroxyl groups is 1. The summed E-state index contributed by atoms with van der Waals surface area (Å²) in [5, 5.41) is 11.1. The Hall–Kier alpha value is -2.59. The van der Waals surface area contributed by atoms with Crippen LogP contribution in [0.25, 0.3) is 0 Å². The Bertz CT molecular complexity index is 1590. The summed E-state index contributed by atoms with van der Waals surface area (Å²) in [6.07, 6.45) is 10.0. The van der Waals surface area contributed by atoms with Gasteiger partial charge in [-0.05, 0) is 104 Å². The number of aliphatic hydroxyl groups excluding tert-OH is 1. The minimum absolute atomic E-state index is 0.0913. The molecule has 0 saturated heterocycles. The summed E-state index contributed by atoms with van der Waals surface area (Å²) in [4.78, 5) is 16.0. The Morgan fingerprint density at radius 2 is 2.00 bits per heavy atom. The van der Waals surface area contributed by atoms with Gasteiger partial charge in [0.1, 0.15) is 11.0 Å². The Morgan fingerprint density at radius 1 is 1.16 bits per heavy atom. The van der Waals surface area contributed by atoms with E-state index >= 15 is 0 Å². The summed E-state index contributed by atoms with van der Waals surface area (Å²) in [7, 11) is -2.55. The lowest BCUT2D eigenvalue weighted by atomic mass is 9.68. The molecule has 2 aromatic rings. The molecule has 2 saturated carbocycles. The number of fused-ring (bicyclic) bond motifs is 4. The number of carbonyl (C=O) groups is 1. The number of hydrogen-bond donors (Lipinski definition) is 2. The summed E-state index contributed by atoms with van der Waals surface area (Å²) < 4.78 is 42.2. The number of nitrogens with zero attached hydrogens (tertiary/aromatic N) is 1. The molecule has 2 bridgehead atoms. The molecule has 7 rings (SSSR count). The van der Waals surface area contributed by atoms with Crippen molar-refractivity contribution in [1.82, 2.24) is 4.72 Å². The van der Waals surface area contributed by atoms with Gasteiger partial charge in [-0.3, -0.25) is 4.79 Å². The third kappa shape index (κ3) is 6.13. The van der Waals surface area contributed by atoms with Crippen molar-refractivity contribution in [2.75, 3.05) is 31.7 Å². The van der Waals surface area contributed by atoms with Crippen LogP contribution in [-0.2, 0) is 26.6 Å². The minimum Gasteiger partial charge on any atom is -0.490 e. The fourth-order valence-corrected chi connectivity index (χ4v) is 10.00. The van der Waals surface area contributed by atoms with Crippen molar-refractivity contribution >= 4 is 33.2 Å². The van der Waals surface area contributed by atoms with Crippen molar-refractivity contribution in [3.05, 3.63) is 70.3 Å². The molecule has 0 radical (unpaired) electrons. The zero-order chi connectivity index (χ0) is 31.3.